The molecule has 0 amide bonds. The van der Waals surface area contributed by atoms with Crippen molar-refractivity contribution < 1.29 is 8.42 Å². The van der Waals surface area contributed by atoms with E-state index in [0.717, 1.165) is 19.4 Å². The fourth-order valence-electron chi connectivity index (χ4n) is 3.93. The van der Waals surface area contributed by atoms with Crippen molar-refractivity contribution in [2.45, 2.75) is 36.0 Å². The predicted octanol–water partition coefficient (Wildman–Crippen LogP) is 3.76. The van der Waals surface area contributed by atoms with Crippen LogP contribution in [0, 0.1) is 0 Å². The van der Waals surface area contributed by atoms with Crippen molar-refractivity contribution in [3.63, 3.8) is 0 Å². The van der Waals surface area contributed by atoms with Crippen LogP contribution >= 0.6 is 24.0 Å². The Morgan fingerprint density at radius 3 is 2.14 bits per heavy atom. The average Bonchev–Trinajstić information content (AvgIpc) is 3.22. The molecule has 2 N–H and O–H groups in total. The largest absolute Gasteiger partial charge is 0.356 e. The summed E-state index contributed by atoms with van der Waals surface area (Å²) in [6.07, 6.45) is 4.78. The van der Waals surface area contributed by atoms with Gasteiger partial charge in [-0.2, -0.15) is 0 Å². The molecule has 29 heavy (non-hydrogen) atoms. The summed E-state index contributed by atoms with van der Waals surface area (Å²) in [6.45, 7) is 1.11. The van der Waals surface area contributed by atoms with Crippen molar-refractivity contribution >= 4 is 39.8 Å². The predicted molar refractivity (Wildman–Crippen MR) is 130 cm³/mol. The first kappa shape index (κ1) is 23.7. The summed E-state index contributed by atoms with van der Waals surface area (Å²) in [6, 6.07) is 19.2. The number of guanidine groups is 1. The first-order valence-electron chi connectivity index (χ1n) is 9.84. The van der Waals surface area contributed by atoms with E-state index in [-0.39, 0.29) is 35.1 Å². The Morgan fingerprint density at radius 2 is 1.55 bits per heavy atom. The van der Waals surface area contributed by atoms with Crippen LogP contribution in [0.1, 0.15) is 31.2 Å². The number of nitrogens with zero attached hydrogens (tertiary/aromatic N) is 1. The molecule has 158 valence electrons. The molecule has 0 bridgehead atoms. The molecule has 0 radical (unpaired) electrons. The topological polar surface area (TPSA) is 70.6 Å². The van der Waals surface area contributed by atoms with Gasteiger partial charge in [0.05, 0.1) is 10.6 Å². The zero-order valence-corrected chi connectivity index (χ0v) is 20.0. The van der Waals surface area contributed by atoms with Crippen LogP contribution in [-0.4, -0.2) is 40.3 Å². The molecule has 7 heteroatoms. The van der Waals surface area contributed by atoms with Gasteiger partial charge in [0.2, 0.25) is 0 Å². The summed E-state index contributed by atoms with van der Waals surface area (Å²) in [5.41, 5.74) is 1.48. The SMILES string of the molecule is CN=C(NCCS(=O)(=O)c1ccccc1)NCC1(c2ccccc2)CCCC1.I. The molecule has 1 aliphatic rings. The third kappa shape index (κ3) is 6.18. The molecule has 2 aromatic rings. The molecule has 1 saturated carbocycles. The van der Waals surface area contributed by atoms with Gasteiger partial charge in [0.15, 0.2) is 15.8 Å². The van der Waals surface area contributed by atoms with E-state index in [1.165, 1.54) is 18.4 Å². The van der Waals surface area contributed by atoms with Gasteiger partial charge >= 0.3 is 0 Å². The maximum Gasteiger partial charge on any atom is 0.191 e. The second kappa shape index (κ2) is 11.0. The highest BCUT2D eigenvalue weighted by atomic mass is 127. The molecule has 0 heterocycles. The lowest BCUT2D eigenvalue weighted by Gasteiger charge is -2.30. The van der Waals surface area contributed by atoms with E-state index in [4.69, 9.17) is 0 Å². The summed E-state index contributed by atoms with van der Waals surface area (Å²) >= 11 is 0. The first-order valence-corrected chi connectivity index (χ1v) is 11.5. The third-order valence-corrected chi connectivity index (χ3v) is 7.26. The molecule has 2 aromatic carbocycles. The fraction of sp³-hybridized carbons (Fsp3) is 0.409. The highest BCUT2D eigenvalue weighted by Gasteiger charge is 2.35. The van der Waals surface area contributed by atoms with Gasteiger partial charge in [0.25, 0.3) is 0 Å². The number of hydrogen-bond acceptors (Lipinski definition) is 3. The monoisotopic (exact) mass is 527 g/mol. The molecule has 0 unspecified atom stereocenters. The number of benzene rings is 2. The molecule has 0 spiro atoms. The lowest BCUT2D eigenvalue weighted by Crippen LogP contribution is -2.45. The van der Waals surface area contributed by atoms with E-state index in [2.05, 4.69) is 39.9 Å². The van der Waals surface area contributed by atoms with E-state index in [9.17, 15) is 8.42 Å². The molecule has 0 aliphatic heterocycles. The number of hydrogen-bond donors (Lipinski definition) is 2. The highest BCUT2D eigenvalue weighted by molar-refractivity contribution is 14.0. The van der Waals surface area contributed by atoms with Gasteiger partial charge < -0.3 is 10.6 Å². The number of aliphatic imine (C=N–C) groups is 1. The van der Waals surface area contributed by atoms with Gasteiger partial charge in [-0.05, 0) is 30.5 Å². The Morgan fingerprint density at radius 1 is 0.966 bits per heavy atom. The second-order valence-corrected chi connectivity index (χ2v) is 9.45. The van der Waals surface area contributed by atoms with E-state index in [0.29, 0.717) is 17.4 Å². The van der Waals surface area contributed by atoms with Gasteiger partial charge in [0, 0.05) is 25.6 Å². The molecular weight excluding hydrogens is 497 g/mol. The van der Waals surface area contributed by atoms with Crippen LogP contribution in [0.3, 0.4) is 0 Å². The number of rotatable bonds is 7. The maximum absolute atomic E-state index is 12.4. The van der Waals surface area contributed by atoms with Crippen molar-refractivity contribution in [3.05, 3.63) is 66.2 Å². The zero-order chi connectivity index (χ0) is 19.9. The van der Waals surface area contributed by atoms with Gasteiger partial charge in [-0.3, -0.25) is 4.99 Å². The van der Waals surface area contributed by atoms with Crippen molar-refractivity contribution in [1.29, 1.82) is 0 Å². The average molecular weight is 527 g/mol. The molecule has 0 atom stereocenters. The molecule has 1 fully saturated rings. The second-order valence-electron chi connectivity index (χ2n) is 7.34. The van der Waals surface area contributed by atoms with Crippen molar-refractivity contribution in [2.24, 2.45) is 4.99 Å². The fourth-order valence-corrected chi connectivity index (χ4v) is 5.11. The van der Waals surface area contributed by atoms with Crippen molar-refractivity contribution in [2.75, 3.05) is 25.9 Å². The quantitative estimate of drug-likeness (QED) is 0.327. The van der Waals surface area contributed by atoms with Gasteiger partial charge in [-0.15, -0.1) is 24.0 Å². The van der Waals surface area contributed by atoms with E-state index < -0.39 is 9.84 Å². The van der Waals surface area contributed by atoms with Crippen LogP contribution in [0.25, 0.3) is 0 Å². The van der Waals surface area contributed by atoms with Crippen LogP contribution in [0.2, 0.25) is 0 Å². The third-order valence-electron chi connectivity index (χ3n) is 5.53. The normalized spacial score (nSPS) is 16.1. The summed E-state index contributed by atoms with van der Waals surface area (Å²) in [5.74, 6) is 0.673. The molecule has 3 rings (SSSR count). The Bertz CT molecular complexity index is 881. The van der Waals surface area contributed by atoms with E-state index in [1.807, 2.05) is 12.1 Å². The zero-order valence-electron chi connectivity index (χ0n) is 16.8. The Balaban J connectivity index is 0.00000300. The van der Waals surface area contributed by atoms with Crippen LogP contribution in [0.15, 0.2) is 70.6 Å². The molecule has 5 nitrogen and oxygen atoms in total. The minimum Gasteiger partial charge on any atom is -0.356 e. The lowest BCUT2D eigenvalue weighted by molar-refractivity contribution is 0.432. The lowest BCUT2D eigenvalue weighted by atomic mass is 9.79. The summed E-state index contributed by atoms with van der Waals surface area (Å²) in [7, 11) is -1.58. The van der Waals surface area contributed by atoms with Gasteiger partial charge in [-0.25, -0.2) is 8.42 Å². The molecular formula is C22H30IN3O2S. The van der Waals surface area contributed by atoms with Crippen LogP contribution in [0.5, 0.6) is 0 Å². The van der Waals surface area contributed by atoms with Crippen molar-refractivity contribution in [3.8, 4) is 0 Å². The van der Waals surface area contributed by atoms with Gasteiger partial charge in [0.1, 0.15) is 0 Å². The van der Waals surface area contributed by atoms with E-state index in [1.54, 1.807) is 31.3 Å². The minimum atomic E-state index is -3.30. The number of nitrogens with one attached hydrogen (secondary N) is 2. The molecule has 0 saturated heterocycles. The Hall–Kier alpha value is -1.61. The molecule has 1 aliphatic carbocycles. The standard InChI is InChI=1S/C22H29N3O2S.HI/c1-23-21(24-16-17-28(26,27)20-12-6-3-7-13-20)25-18-22(14-8-9-15-22)19-10-4-2-5-11-19;/h2-7,10-13H,8-9,14-18H2,1H3,(H2,23,24,25);1H. The van der Waals surface area contributed by atoms with Gasteiger partial charge in [-0.1, -0.05) is 61.4 Å². The van der Waals surface area contributed by atoms with E-state index >= 15 is 0 Å². The highest BCUT2D eigenvalue weighted by Crippen LogP contribution is 2.40. The maximum atomic E-state index is 12.4. The van der Waals surface area contributed by atoms with Crippen LogP contribution in [-0.2, 0) is 15.3 Å². The van der Waals surface area contributed by atoms with Crippen LogP contribution < -0.4 is 10.6 Å². The van der Waals surface area contributed by atoms with Crippen LogP contribution in [0.4, 0.5) is 0 Å². The Kier molecular flexibility index (Phi) is 8.95. The smallest absolute Gasteiger partial charge is 0.191 e. The Labute approximate surface area is 191 Å². The first-order chi connectivity index (χ1) is 13.6. The summed E-state index contributed by atoms with van der Waals surface area (Å²) < 4.78 is 24.8. The van der Waals surface area contributed by atoms with Crippen molar-refractivity contribution in [1.82, 2.24) is 10.6 Å². The summed E-state index contributed by atoms with van der Waals surface area (Å²) in [5, 5.41) is 6.57. The summed E-state index contributed by atoms with van der Waals surface area (Å²) in [4.78, 5) is 4.62. The minimum absolute atomic E-state index is 0. The number of halogens is 1. The molecule has 0 aromatic heterocycles. The number of sulfone groups is 1.